The lowest BCUT2D eigenvalue weighted by molar-refractivity contribution is -0.135. The molecular formula is C23H28N4O2. The van der Waals surface area contributed by atoms with E-state index in [9.17, 15) is 9.59 Å². The molecule has 0 bridgehead atoms. The molecule has 3 heterocycles. The average Bonchev–Trinajstić information content (AvgIpc) is 3.26. The van der Waals surface area contributed by atoms with Crippen molar-refractivity contribution in [2.75, 3.05) is 26.2 Å². The van der Waals surface area contributed by atoms with Gasteiger partial charge < -0.3 is 9.80 Å². The fourth-order valence-electron chi connectivity index (χ4n) is 4.97. The first-order valence-corrected chi connectivity index (χ1v) is 10.7. The van der Waals surface area contributed by atoms with E-state index in [1.54, 1.807) is 0 Å². The van der Waals surface area contributed by atoms with Gasteiger partial charge in [-0.05, 0) is 44.6 Å². The maximum atomic E-state index is 13.3. The zero-order valence-corrected chi connectivity index (χ0v) is 17.0. The summed E-state index contributed by atoms with van der Waals surface area (Å²) in [5, 5.41) is 7.39. The van der Waals surface area contributed by atoms with Gasteiger partial charge in [-0.2, -0.15) is 5.10 Å². The van der Waals surface area contributed by atoms with Gasteiger partial charge in [0.1, 0.15) is 0 Å². The van der Waals surface area contributed by atoms with Gasteiger partial charge in [0.05, 0.1) is 16.7 Å². The van der Waals surface area contributed by atoms with Gasteiger partial charge in [-0.25, -0.2) is 0 Å². The molecule has 1 N–H and O–H groups in total. The van der Waals surface area contributed by atoms with Gasteiger partial charge in [0.15, 0.2) is 0 Å². The number of nitrogens with one attached hydrogen (secondary N) is 1. The van der Waals surface area contributed by atoms with Crippen LogP contribution in [-0.2, 0) is 11.2 Å². The Bertz CT molecular complexity index is 934. The monoisotopic (exact) mass is 392 g/mol. The van der Waals surface area contributed by atoms with Crippen LogP contribution in [0, 0.1) is 12.3 Å². The molecule has 3 aliphatic rings. The Hall–Kier alpha value is -2.63. The molecule has 5 rings (SSSR count). The van der Waals surface area contributed by atoms with Gasteiger partial charge in [0, 0.05) is 37.8 Å². The molecule has 1 aromatic heterocycles. The molecule has 6 heteroatoms. The van der Waals surface area contributed by atoms with E-state index in [2.05, 4.69) is 22.3 Å². The highest BCUT2D eigenvalue weighted by molar-refractivity contribution is 5.98. The van der Waals surface area contributed by atoms with Crippen molar-refractivity contribution in [2.45, 2.75) is 44.9 Å². The smallest absolute Gasteiger partial charge is 0.257 e. The van der Waals surface area contributed by atoms with Crippen molar-refractivity contribution in [1.82, 2.24) is 20.0 Å². The van der Waals surface area contributed by atoms with E-state index in [0.717, 1.165) is 62.1 Å². The van der Waals surface area contributed by atoms with Crippen LogP contribution in [-0.4, -0.2) is 58.0 Å². The van der Waals surface area contributed by atoms with Crippen LogP contribution in [0.3, 0.4) is 0 Å². The summed E-state index contributed by atoms with van der Waals surface area (Å²) in [6, 6.07) is 10.3. The molecule has 2 aliphatic heterocycles. The first kappa shape index (κ1) is 18.4. The van der Waals surface area contributed by atoms with Crippen LogP contribution in [0.5, 0.6) is 0 Å². The third kappa shape index (κ3) is 3.24. The van der Waals surface area contributed by atoms with E-state index in [-0.39, 0.29) is 17.2 Å². The Morgan fingerprint density at radius 1 is 1.21 bits per heavy atom. The van der Waals surface area contributed by atoms with Gasteiger partial charge >= 0.3 is 0 Å². The van der Waals surface area contributed by atoms with Crippen molar-refractivity contribution in [3.05, 3.63) is 52.8 Å². The highest BCUT2D eigenvalue weighted by Gasteiger charge is 2.52. The SMILES string of the molecule is Cc1[nH]nc(C2CC2)c1C(=O)N1CCC2(CCN(CCc3ccccc3)C2=O)C1. The number of nitrogens with zero attached hydrogens (tertiary/aromatic N) is 3. The van der Waals surface area contributed by atoms with E-state index in [0.29, 0.717) is 19.0 Å². The Morgan fingerprint density at radius 2 is 1.97 bits per heavy atom. The summed E-state index contributed by atoms with van der Waals surface area (Å²) in [6.07, 6.45) is 4.73. The van der Waals surface area contributed by atoms with Crippen LogP contribution < -0.4 is 0 Å². The van der Waals surface area contributed by atoms with Gasteiger partial charge in [-0.1, -0.05) is 30.3 Å². The quantitative estimate of drug-likeness (QED) is 0.851. The van der Waals surface area contributed by atoms with Crippen molar-refractivity contribution in [2.24, 2.45) is 5.41 Å². The first-order chi connectivity index (χ1) is 14.1. The molecule has 2 aromatic rings. The zero-order chi connectivity index (χ0) is 20.0. The highest BCUT2D eigenvalue weighted by Crippen LogP contribution is 2.44. The fourth-order valence-corrected chi connectivity index (χ4v) is 4.97. The summed E-state index contributed by atoms with van der Waals surface area (Å²) in [5.41, 5.74) is 3.39. The molecule has 1 spiro atoms. The predicted molar refractivity (Wildman–Crippen MR) is 110 cm³/mol. The minimum atomic E-state index is -0.385. The number of H-pyrrole nitrogens is 1. The van der Waals surface area contributed by atoms with Crippen LogP contribution >= 0.6 is 0 Å². The number of likely N-dealkylation sites (tertiary alicyclic amines) is 2. The molecular weight excluding hydrogens is 364 g/mol. The van der Waals surface area contributed by atoms with Crippen molar-refractivity contribution in [3.63, 3.8) is 0 Å². The van der Waals surface area contributed by atoms with Crippen molar-refractivity contribution in [1.29, 1.82) is 0 Å². The number of amides is 2. The number of carbonyl (C=O) groups is 2. The topological polar surface area (TPSA) is 69.3 Å². The standard InChI is InChI=1S/C23H28N4O2/c1-16-19(20(25-24-16)18-7-8-18)21(28)27-14-11-23(15-27)10-13-26(22(23)29)12-9-17-5-3-2-4-6-17/h2-6,18H,7-15H2,1H3,(H,24,25). The van der Waals surface area contributed by atoms with E-state index < -0.39 is 0 Å². The molecule has 1 aromatic carbocycles. The molecule has 152 valence electrons. The largest absolute Gasteiger partial charge is 0.342 e. The zero-order valence-electron chi connectivity index (χ0n) is 17.0. The summed E-state index contributed by atoms with van der Waals surface area (Å²) in [6.45, 7) is 4.67. The number of hydrogen-bond donors (Lipinski definition) is 1. The maximum Gasteiger partial charge on any atom is 0.257 e. The van der Waals surface area contributed by atoms with Crippen molar-refractivity contribution in [3.8, 4) is 0 Å². The van der Waals surface area contributed by atoms with Gasteiger partial charge in [0.25, 0.3) is 5.91 Å². The number of benzene rings is 1. The third-order valence-corrected chi connectivity index (χ3v) is 6.91. The minimum absolute atomic E-state index is 0.0468. The van der Waals surface area contributed by atoms with E-state index in [1.165, 1.54) is 5.56 Å². The first-order valence-electron chi connectivity index (χ1n) is 10.7. The molecule has 2 amide bonds. The van der Waals surface area contributed by atoms with Crippen LogP contribution in [0.4, 0.5) is 0 Å². The lowest BCUT2D eigenvalue weighted by Crippen LogP contribution is -2.39. The van der Waals surface area contributed by atoms with Gasteiger partial charge in [0.2, 0.25) is 5.91 Å². The lowest BCUT2D eigenvalue weighted by atomic mass is 9.85. The summed E-state index contributed by atoms with van der Waals surface area (Å²) >= 11 is 0. The van der Waals surface area contributed by atoms with Crippen LogP contribution in [0.15, 0.2) is 30.3 Å². The molecule has 1 aliphatic carbocycles. The Labute approximate surface area is 171 Å². The molecule has 2 saturated heterocycles. The number of aryl methyl sites for hydroxylation is 1. The van der Waals surface area contributed by atoms with E-state index in [1.807, 2.05) is 34.9 Å². The summed E-state index contributed by atoms with van der Waals surface area (Å²) < 4.78 is 0. The van der Waals surface area contributed by atoms with Gasteiger partial charge in [-0.15, -0.1) is 0 Å². The fraction of sp³-hybridized carbons (Fsp3) is 0.522. The normalized spacial score (nSPS) is 24.1. The minimum Gasteiger partial charge on any atom is -0.342 e. The number of rotatable bonds is 5. The van der Waals surface area contributed by atoms with Gasteiger partial charge in [-0.3, -0.25) is 14.7 Å². The number of aromatic amines is 1. The molecule has 6 nitrogen and oxygen atoms in total. The number of hydrogen-bond acceptors (Lipinski definition) is 3. The molecule has 1 unspecified atom stereocenters. The second kappa shape index (κ2) is 7.01. The summed E-state index contributed by atoms with van der Waals surface area (Å²) in [7, 11) is 0. The Morgan fingerprint density at radius 3 is 2.72 bits per heavy atom. The maximum absolute atomic E-state index is 13.3. The highest BCUT2D eigenvalue weighted by atomic mass is 16.2. The number of carbonyl (C=O) groups excluding carboxylic acids is 2. The van der Waals surface area contributed by atoms with Crippen molar-refractivity contribution >= 4 is 11.8 Å². The Balaban J connectivity index is 1.26. The molecule has 1 saturated carbocycles. The van der Waals surface area contributed by atoms with E-state index in [4.69, 9.17) is 0 Å². The molecule has 3 fully saturated rings. The second-order valence-electron chi connectivity index (χ2n) is 8.92. The van der Waals surface area contributed by atoms with Crippen molar-refractivity contribution < 1.29 is 9.59 Å². The van der Waals surface area contributed by atoms with E-state index >= 15 is 0 Å². The predicted octanol–water partition coefficient (Wildman–Crippen LogP) is 2.90. The summed E-state index contributed by atoms with van der Waals surface area (Å²) in [4.78, 5) is 30.4. The molecule has 29 heavy (non-hydrogen) atoms. The second-order valence-corrected chi connectivity index (χ2v) is 8.92. The Kier molecular flexibility index (Phi) is 4.45. The molecule has 1 atom stereocenters. The summed E-state index contributed by atoms with van der Waals surface area (Å²) in [5.74, 6) is 0.706. The van der Waals surface area contributed by atoms with Crippen LogP contribution in [0.2, 0.25) is 0 Å². The molecule has 0 radical (unpaired) electrons. The number of aromatic nitrogens is 2. The lowest BCUT2D eigenvalue weighted by Gasteiger charge is -2.24. The van der Waals surface area contributed by atoms with Crippen LogP contribution in [0.1, 0.15) is 58.9 Å². The third-order valence-electron chi connectivity index (χ3n) is 6.91. The van der Waals surface area contributed by atoms with Crippen LogP contribution in [0.25, 0.3) is 0 Å². The average molecular weight is 393 g/mol.